The Hall–Kier alpha value is -0.570. The van der Waals surface area contributed by atoms with E-state index in [0.29, 0.717) is 18.6 Å². The zero-order chi connectivity index (χ0) is 13.5. The molecular formula is C15H30O3. The van der Waals surface area contributed by atoms with Crippen molar-refractivity contribution >= 4 is 5.78 Å². The van der Waals surface area contributed by atoms with E-state index >= 15 is 0 Å². The van der Waals surface area contributed by atoms with Crippen LogP contribution in [0, 0.1) is 0 Å². The van der Waals surface area contributed by atoms with Crippen LogP contribution < -0.4 is 5.26 Å². The number of aliphatic hydroxyl groups excluding tert-OH is 1. The molecule has 0 aromatic carbocycles. The van der Waals surface area contributed by atoms with Crippen LogP contribution in [0.15, 0.2) is 0 Å². The van der Waals surface area contributed by atoms with Crippen molar-refractivity contribution in [3.63, 3.8) is 0 Å². The molecule has 0 atom stereocenters. The zero-order valence-electron chi connectivity index (χ0n) is 12.0. The first kappa shape index (κ1) is 17.4. The Morgan fingerprint density at radius 3 is 1.83 bits per heavy atom. The third kappa shape index (κ3) is 11.9. The molecule has 0 rings (SSSR count). The third-order valence-corrected chi connectivity index (χ3v) is 3.29. The maximum atomic E-state index is 10.4. The molecule has 0 spiro atoms. The minimum atomic E-state index is 0.130. The first-order chi connectivity index (χ1) is 8.85. The van der Waals surface area contributed by atoms with Crippen LogP contribution in [0.5, 0.6) is 0 Å². The van der Waals surface area contributed by atoms with Gasteiger partial charge in [-0.3, -0.25) is 0 Å². The smallest absolute Gasteiger partial charge is 0.329 e. The summed E-state index contributed by atoms with van der Waals surface area (Å²) in [5, 5.41) is 19.1. The molecule has 0 aromatic rings. The molecule has 0 aliphatic rings. The average molecular weight is 258 g/mol. The topological polar surface area (TPSA) is 54.6 Å². The second-order valence-electron chi connectivity index (χ2n) is 5.03. The fourth-order valence-electron chi connectivity index (χ4n) is 2.12. The second-order valence-corrected chi connectivity index (χ2v) is 5.03. The van der Waals surface area contributed by atoms with Crippen molar-refractivity contribution in [3.8, 4) is 0 Å². The summed E-state index contributed by atoms with van der Waals surface area (Å²) in [7, 11) is 0. The summed E-state index contributed by atoms with van der Waals surface area (Å²) in [5.41, 5.74) is 0. The van der Waals surface area contributed by atoms with Crippen LogP contribution in [0.25, 0.3) is 0 Å². The molecule has 18 heavy (non-hydrogen) atoms. The largest absolute Gasteiger partial charge is 0.463 e. The van der Waals surface area contributed by atoms with Crippen molar-refractivity contribution in [3.05, 3.63) is 0 Å². The van der Waals surface area contributed by atoms with E-state index in [1.807, 2.05) is 0 Å². The molecule has 0 heterocycles. The van der Waals surface area contributed by atoms with Gasteiger partial charge >= 0.3 is 5.78 Å². The van der Waals surface area contributed by atoms with Crippen molar-refractivity contribution in [2.75, 3.05) is 6.61 Å². The molecule has 3 heteroatoms. The van der Waals surface area contributed by atoms with Crippen LogP contribution in [0.1, 0.15) is 84.0 Å². The van der Waals surface area contributed by atoms with Crippen LogP contribution in [0.2, 0.25) is 0 Å². The summed E-state index contributed by atoms with van der Waals surface area (Å²) in [5.74, 6) is 0.604. The standard InChI is InChI=1S/C15H30O3/c1-2-3-4-5-6-7-8-9-10-12-15(18-17)13-11-14-16/h16H,2-14H2,1H3. The lowest BCUT2D eigenvalue weighted by Gasteiger charge is -2.01. The van der Waals surface area contributed by atoms with Crippen molar-refractivity contribution < 1.29 is 14.9 Å². The third-order valence-electron chi connectivity index (χ3n) is 3.29. The van der Waals surface area contributed by atoms with Gasteiger partial charge in [0.15, 0.2) is 0 Å². The summed E-state index contributed by atoms with van der Waals surface area (Å²) in [6.07, 6.45) is 13.6. The lowest BCUT2D eigenvalue weighted by Crippen LogP contribution is -2.10. The van der Waals surface area contributed by atoms with Crippen LogP contribution in [-0.4, -0.2) is 17.5 Å². The quantitative estimate of drug-likeness (QED) is 0.239. The van der Waals surface area contributed by atoms with E-state index in [0.717, 1.165) is 12.8 Å². The van der Waals surface area contributed by atoms with E-state index in [4.69, 9.17) is 5.11 Å². The van der Waals surface area contributed by atoms with E-state index in [9.17, 15) is 5.26 Å². The first-order valence-corrected chi connectivity index (χ1v) is 7.60. The fourth-order valence-corrected chi connectivity index (χ4v) is 2.12. The van der Waals surface area contributed by atoms with Gasteiger partial charge < -0.3 is 10.4 Å². The highest BCUT2D eigenvalue weighted by molar-refractivity contribution is 5.78. The van der Waals surface area contributed by atoms with Crippen molar-refractivity contribution in [1.29, 1.82) is 0 Å². The summed E-state index contributed by atoms with van der Waals surface area (Å²) < 4.78 is 4.08. The van der Waals surface area contributed by atoms with E-state index < -0.39 is 0 Å². The lowest BCUT2D eigenvalue weighted by atomic mass is 10.0. The Morgan fingerprint density at radius 2 is 1.33 bits per heavy atom. The monoisotopic (exact) mass is 258 g/mol. The molecule has 0 unspecified atom stereocenters. The van der Waals surface area contributed by atoms with Gasteiger partial charge in [-0.15, -0.1) is 0 Å². The average Bonchev–Trinajstić information content (AvgIpc) is 2.40. The molecule has 3 nitrogen and oxygen atoms in total. The molecule has 0 saturated carbocycles. The van der Waals surface area contributed by atoms with Gasteiger partial charge in [-0.05, 0) is 12.8 Å². The van der Waals surface area contributed by atoms with Gasteiger partial charge in [-0.2, -0.15) is 4.58 Å². The normalized spacial score (nSPS) is 12.0. The van der Waals surface area contributed by atoms with Crippen LogP contribution in [0.3, 0.4) is 0 Å². The Labute approximate surface area is 112 Å². The summed E-state index contributed by atoms with van der Waals surface area (Å²) in [4.78, 5) is 0. The number of ketones is 1. The Kier molecular flexibility index (Phi) is 14.0. The minimum Gasteiger partial charge on any atom is -0.463 e. The highest BCUT2D eigenvalue weighted by Crippen LogP contribution is 2.11. The number of hydrogen-bond donors (Lipinski definition) is 1. The van der Waals surface area contributed by atoms with Crippen LogP contribution >= 0.6 is 0 Å². The fraction of sp³-hybridized carbons (Fsp3) is 0.933. The predicted molar refractivity (Wildman–Crippen MR) is 73.2 cm³/mol. The molecule has 0 fully saturated rings. The molecule has 0 saturated heterocycles. The molecule has 108 valence electrons. The zero-order valence-corrected chi connectivity index (χ0v) is 12.0. The SMILES string of the molecule is CCCCCCCCCCCC(CCCO)=[O+][O-]. The van der Waals surface area contributed by atoms with Gasteiger partial charge in [0.05, 0.1) is 12.8 Å². The number of carbonyl (C=O) groups excluding carboxylic acids is 1. The molecule has 0 aliphatic carbocycles. The number of hydrogen-bond acceptors (Lipinski definition) is 2. The van der Waals surface area contributed by atoms with E-state index in [-0.39, 0.29) is 6.61 Å². The summed E-state index contributed by atoms with van der Waals surface area (Å²) >= 11 is 0. The number of rotatable bonds is 13. The van der Waals surface area contributed by atoms with E-state index in [1.165, 1.54) is 51.4 Å². The number of aliphatic hydroxyl groups is 1. The maximum absolute atomic E-state index is 10.4. The Balaban J connectivity index is 3.23. The maximum Gasteiger partial charge on any atom is 0.329 e. The van der Waals surface area contributed by atoms with Gasteiger partial charge in [0.2, 0.25) is 0 Å². The Morgan fingerprint density at radius 1 is 0.833 bits per heavy atom. The van der Waals surface area contributed by atoms with Crippen LogP contribution in [0.4, 0.5) is 0 Å². The van der Waals surface area contributed by atoms with E-state index in [2.05, 4.69) is 11.5 Å². The Bertz CT molecular complexity index is 190. The second kappa shape index (κ2) is 14.5. The van der Waals surface area contributed by atoms with E-state index in [1.54, 1.807) is 0 Å². The van der Waals surface area contributed by atoms with Gasteiger partial charge in [0, 0.05) is 6.61 Å². The first-order valence-electron chi connectivity index (χ1n) is 7.60. The van der Waals surface area contributed by atoms with Gasteiger partial charge in [0.25, 0.3) is 0 Å². The predicted octanol–water partition coefficient (Wildman–Crippen LogP) is 3.06. The molecule has 0 aromatic heterocycles. The minimum absolute atomic E-state index is 0.130. The van der Waals surface area contributed by atoms with Crippen LogP contribution in [-0.2, 0) is 4.58 Å². The van der Waals surface area contributed by atoms with Crippen molar-refractivity contribution in [2.24, 2.45) is 0 Å². The van der Waals surface area contributed by atoms with Crippen molar-refractivity contribution in [2.45, 2.75) is 84.0 Å². The molecule has 1 N–H and O–H groups in total. The highest BCUT2D eigenvalue weighted by atomic mass is 17.1. The molecule has 0 amide bonds. The lowest BCUT2D eigenvalue weighted by molar-refractivity contribution is -1.05. The summed E-state index contributed by atoms with van der Waals surface area (Å²) in [6.45, 7) is 2.37. The molecule has 0 bridgehead atoms. The summed E-state index contributed by atoms with van der Waals surface area (Å²) in [6, 6.07) is 0. The number of unbranched alkanes of at least 4 members (excludes halogenated alkanes) is 8. The van der Waals surface area contributed by atoms with Crippen molar-refractivity contribution in [1.82, 2.24) is 0 Å². The molecular weight excluding hydrogens is 228 g/mol. The molecule has 0 radical (unpaired) electrons. The van der Waals surface area contributed by atoms with Gasteiger partial charge in [0.1, 0.15) is 0 Å². The van der Waals surface area contributed by atoms with Gasteiger partial charge in [-0.25, -0.2) is 0 Å². The molecule has 0 aliphatic heterocycles. The van der Waals surface area contributed by atoms with Gasteiger partial charge in [-0.1, -0.05) is 58.3 Å². The highest BCUT2D eigenvalue weighted by Gasteiger charge is 2.09.